The number of hydrogen-bond donors (Lipinski definition) is 0. The van der Waals surface area contributed by atoms with Gasteiger partial charge in [0.15, 0.2) is 4.80 Å². The molecule has 0 N–H and O–H groups in total. The number of carbonyl (C=O) groups excluding carboxylic acids is 1. The molecule has 0 bridgehead atoms. The van der Waals surface area contributed by atoms with Crippen LogP contribution in [0.25, 0.3) is 0 Å². The minimum absolute atomic E-state index is 0.190. The van der Waals surface area contributed by atoms with Gasteiger partial charge in [-0.1, -0.05) is 18.2 Å². The van der Waals surface area contributed by atoms with Gasteiger partial charge in [0.25, 0.3) is 5.91 Å². The molecule has 1 heterocycles. The van der Waals surface area contributed by atoms with Gasteiger partial charge in [-0.3, -0.25) is 4.79 Å². The standard InChI is InChI=1S/C12H12N2OS/c1-2-14-8-9-16-12(14)13-11(15)10-6-4-3-5-7-10/h3-9H,2H2,1H3. The van der Waals surface area contributed by atoms with E-state index in [9.17, 15) is 4.79 Å². The molecular formula is C12H12N2OS. The zero-order valence-electron chi connectivity index (χ0n) is 8.96. The van der Waals surface area contributed by atoms with Crippen molar-refractivity contribution in [3.05, 3.63) is 52.3 Å². The number of aromatic nitrogens is 1. The van der Waals surface area contributed by atoms with Gasteiger partial charge in [-0.2, -0.15) is 4.99 Å². The van der Waals surface area contributed by atoms with Crippen LogP contribution in [0.3, 0.4) is 0 Å². The molecule has 1 amide bonds. The van der Waals surface area contributed by atoms with Crippen LogP contribution in [0.4, 0.5) is 0 Å². The first-order valence-electron chi connectivity index (χ1n) is 5.09. The first kappa shape index (κ1) is 10.8. The summed E-state index contributed by atoms with van der Waals surface area (Å²) >= 11 is 1.47. The number of thiazole rings is 1. The van der Waals surface area contributed by atoms with E-state index in [4.69, 9.17) is 0 Å². The third kappa shape index (κ3) is 2.28. The molecule has 0 saturated heterocycles. The fourth-order valence-corrected chi connectivity index (χ4v) is 2.15. The molecule has 0 saturated carbocycles. The second-order valence-corrected chi connectivity index (χ2v) is 4.13. The minimum Gasteiger partial charge on any atom is -0.324 e. The van der Waals surface area contributed by atoms with Crippen LogP contribution in [0.15, 0.2) is 46.9 Å². The van der Waals surface area contributed by atoms with Crippen LogP contribution in [-0.2, 0) is 6.54 Å². The van der Waals surface area contributed by atoms with Crippen LogP contribution in [0.2, 0.25) is 0 Å². The van der Waals surface area contributed by atoms with Crippen molar-refractivity contribution in [3.8, 4) is 0 Å². The van der Waals surface area contributed by atoms with Gasteiger partial charge in [-0.25, -0.2) is 0 Å². The SMILES string of the molecule is CCn1ccsc1=NC(=O)c1ccccc1. The molecule has 4 heteroatoms. The maximum atomic E-state index is 11.8. The van der Waals surface area contributed by atoms with E-state index in [1.54, 1.807) is 12.1 Å². The van der Waals surface area contributed by atoms with E-state index in [-0.39, 0.29) is 5.91 Å². The summed E-state index contributed by atoms with van der Waals surface area (Å²) in [6.07, 6.45) is 1.93. The van der Waals surface area contributed by atoms with Crippen molar-refractivity contribution in [1.82, 2.24) is 4.57 Å². The Hall–Kier alpha value is -1.68. The largest absolute Gasteiger partial charge is 0.324 e. The second-order valence-electron chi connectivity index (χ2n) is 3.25. The molecule has 0 aliphatic carbocycles. The van der Waals surface area contributed by atoms with Crippen molar-refractivity contribution in [3.63, 3.8) is 0 Å². The summed E-state index contributed by atoms with van der Waals surface area (Å²) in [6.45, 7) is 2.85. The van der Waals surface area contributed by atoms with Crippen LogP contribution in [0.1, 0.15) is 17.3 Å². The molecule has 0 aliphatic heterocycles. The number of rotatable bonds is 2. The van der Waals surface area contributed by atoms with Crippen LogP contribution in [0.5, 0.6) is 0 Å². The lowest BCUT2D eigenvalue weighted by molar-refractivity contribution is 0.0998. The quantitative estimate of drug-likeness (QED) is 0.782. The first-order valence-corrected chi connectivity index (χ1v) is 5.97. The molecule has 1 aromatic heterocycles. The highest BCUT2D eigenvalue weighted by molar-refractivity contribution is 7.07. The average Bonchev–Trinajstić information content (AvgIpc) is 2.77. The maximum absolute atomic E-state index is 11.8. The number of hydrogen-bond acceptors (Lipinski definition) is 2. The summed E-state index contributed by atoms with van der Waals surface area (Å²) < 4.78 is 1.95. The molecule has 2 rings (SSSR count). The van der Waals surface area contributed by atoms with Gasteiger partial charge in [0.05, 0.1) is 0 Å². The Morgan fingerprint density at radius 2 is 2.12 bits per heavy atom. The number of amides is 1. The predicted molar refractivity (Wildman–Crippen MR) is 64.3 cm³/mol. The molecule has 3 nitrogen and oxygen atoms in total. The van der Waals surface area contributed by atoms with E-state index in [2.05, 4.69) is 4.99 Å². The smallest absolute Gasteiger partial charge is 0.279 e. The molecule has 1 aromatic carbocycles. The summed E-state index contributed by atoms with van der Waals surface area (Å²) in [7, 11) is 0. The van der Waals surface area contributed by atoms with Gasteiger partial charge in [0.1, 0.15) is 0 Å². The van der Waals surface area contributed by atoms with Crippen molar-refractivity contribution >= 4 is 17.2 Å². The Morgan fingerprint density at radius 3 is 2.81 bits per heavy atom. The Kier molecular flexibility index (Phi) is 3.31. The van der Waals surface area contributed by atoms with Gasteiger partial charge in [0.2, 0.25) is 0 Å². The van der Waals surface area contributed by atoms with E-state index >= 15 is 0 Å². The average molecular weight is 232 g/mol. The van der Waals surface area contributed by atoms with Crippen LogP contribution in [0, 0.1) is 0 Å². The zero-order chi connectivity index (χ0) is 11.4. The normalized spacial score (nSPS) is 11.7. The maximum Gasteiger partial charge on any atom is 0.279 e. The summed E-state index contributed by atoms with van der Waals surface area (Å²) in [5, 5.41) is 1.93. The summed E-state index contributed by atoms with van der Waals surface area (Å²) in [5.41, 5.74) is 0.624. The van der Waals surface area contributed by atoms with E-state index in [0.29, 0.717) is 5.56 Å². The lowest BCUT2D eigenvalue weighted by Crippen LogP contribution is -2.15. The Balaban J connectivity index is 2.35. The summed E-state index contributed by atoms with van der Waals surface area (Å²) in [5.74, 6) is -0.190. The molecular weight excluding hydrogens is 220 g/mol. The highest BCUT2D eigenvalue weighted by atomic mass is 32.1. The van der Waals surface area contributed by atoms with E-state index in [0.717, 1.165) is 11.3 Å². The zero-order valence-corrected chi connectivity index (χ0v) is 9.78. The van der Waals surface area contributed by atoms with Crippen molar-refractivity contribution in [1.29, 1.82) is 0 Å². The molecule has 0 fully saturated rings. The molecule has 0 radical (unpaired) electrons. The third-order valence-corrected chi connectivity index (χ3v) is 3.01. The Labute approximate surface area is 97.7 Å². The van der Waals surface area contributed by atoms with E-state index in [1.807, 2.05) is 41.3 Å². The molecule has 0 atom stereocenters. The molecule has 16 heavy (non-hydrogen) atoms. The number of aryl methyl sites for hydroxylation is 1. The number of nitrogens with zero attached hydrogens (tertiary/aromatic N) is 2. The van der Waals surface area contributed by atoms with Crippen molar-refractivity contribution in [2.24, 2.45) is 4.99 Å². The minimum atomic E-state index is -0.190. The Morgan fingerprint density at radius 1 is 1.38 bits per heavy atom. The summed E-state index contributed by atoms with van der Waals surface area (Å²) in [6, 6.07) is 9.11. The highest BCUT2D eigenvalue weighted by Gasteiger charge is 2.02. The van der Waals surface area contributed by atoms with Gasteiger partial charge in [-0.15, -0.1) is 11.3 Å². The van der Waals surface area contributed by atoms with Crippen molar-refractivity contribution in [2.75, 3.05) is 0 Å². The topological polar surface area (TPSA) is 34.4 Å². The number of benzene rings is 1. The van der Waals surface area contributed by atoms with Crippen molar-refractivity contribution in [2.45, 2.75) is 13.5 Å². The highest BCUT2D eigenvalue weighted by Crippen LogP contribution is 2.00. The fourth-order valence-electron chi connectivity index (χ4n) is 1.36. The number of carbonyl (C=O) groups is 1. The van der Waals surface area contributed by atoms with Crippen molar-refractivity contribution < 1.29 is 4.79 Å². The fraction of sp³-hybridized carbons (Fsp3) is 0.167. The molecule has 0 spiro atoms. The first-order chi connectivity index (χ1) is 7.81. The lowest BCUT2D eigenvalue weighted by Gasteiger charge is -1.96. The monoisotopic (exact) mass is 232 g/mol. The Bertz CT molecular complexity index is 539. The van der Waals surface area contributed by atoms with Crippen LogP contribution >= 0.6 is 11.3 Å². The predicted octanol–water partition coefficient (Wildman–Crippen LogP) is 2.31. The third-order valence-electron chi connectivity index (χ3n) is 2.22. The molecule has 2 aromatic rings. The van der Waals surface area contributed by atoms with E-state index in [1.165, 1.54) is 11.3 Å². The molecule has 82 valence electrons. The summed E-state index contributed by atoms with van der Waals surface area (Å²) in [4.78, 5) is 16.7. The van der Waals surface area contributed by atoms with Crippen LogP contribution in [-0.4, -0.2) is 10.5 Å². The molecule has 0 aliphatic rings. The lowest BCUT2D eigenvalue weighted by atomic mass is 10.2. The van der Waals surface area contributed by atoms with Gasteiger partial charge < -0.3 is 4.57 Å². The van der Waals surface area contributed by atoms with Gasteiger partial charge >= 0.3 is 0 Å². The van der Waals surface area contributed by atoms with E-state index < -0.39 is 0 Å². The van der Waals surface area contributed by atoms with Gasteiger partial charge in [0, 0.05) is 23.7 Å². The van der Waals surface area contributed by atoms with Crippen LogP contribution < -0.4 is 4.80 Å². The molecule has 0 unspecified atom stereocenters. The second kappa shape index (κ2) is 4.90. The van der Waals surface area contributed by atoms with Gasteiger partial charge in [-0.05, 0) is 19.1 Å².